The van der Waals surface area contributed by atoms with E-state index in [9.17, 15) is 13.2 Å². The first kappa shape index (κ1) is 19.3. The zero-order valence-electron chi connectivity index (χ0n) is 14.2. The van der Waals surface area contributed by atoms with E-state index in [4.69, 9.17) is 0 Å². The molecule has 1 unspecified atom stereocenters. The maximum atomic E-state index is 12.6. The summed E-state index contributed by atoms with van der Waals surface area (Å²) in [5, 5.41) is 2.96. The van der Waals surface area contributed by atoms with Crippen LogP contribution in [-0.2, 0) is 9.84 Å². The Morgan fingerprint density at radius 2 is 1.84 bits per heavy atom. The van der Waals surface area contributed by atoms with Gasteiger partial charge in [0.1, 0.15) is 0 Å². The van der Waals surface area contributed by atoms with Gasteiger partial charge in [0, 0.05) is 16.9 Å². The zero-order valence-corrected chi connectivity index (χ0v) is 15.9. The number of carbonyl (C=O) groups excluding carboxylic acids is 1. The van der Waals surface area contributed by atoms with Gasteiger partial charge in [-0.1, -0.05) is 30.3 Å². The zero-order chi connectivity index (χ0) is 18.4. The molecule has 0 aliphatic carbocycles. The van der Waals surface area contributed by atoms with Crippen LogP contribution in [0.3, 0.4) is 0 Å². The minimum Gasteiger partial charge on any atom is -0.345 e. The maximum absolute atomic E-state index is 12.6. The quantitative estimate of drug-likeness (QED) is 0.590. The summed E-state index contributed by atoms with van der Waals surface area (Å²) in [6.45, 7) is 5.57. The Morgan fingerprint density at radius 1 is 1.20 bits per heavy atom. The Balaban J connectivity index is 2.14. The molecule has 0 aromatic heterocycles. The van der Waals surface area contributed by atoms with E-state index in [2.05, 4.69) is 11.9 Å². The molecule has 0 bridgehead atoms. The molecule has 0 aliphatic heterocycles. The topological polar surface area (TPSA) is 63.2 Å². The van der Waals surface area contributed by atoms with Gasteiger partial charge in [-0.3, -0.25) is 4.79 Å². The van der Waals surface area contributed by atoms with E-state index in [1.54, 1.807) is 48.2 Å². The van der Waals surface area contributed by atoms with E-state index in [0.717, 1.165) is 16.2 Å². The van der Waals surface area contributed by atoms with Crippen LogP contribution in [0.25, 0.3) is 0 Å². The largest absolute Gasteiger partial charge is 0.345 e. The van der Waals surface area contributed by atoms with Crippen molar-refractivity contribution in [2.24, 2.45) is 0 Å². The first-order chi connectivity index (χ1) is 11.8. The predicted octanol–water partition coefficient (Wildman–Crippen LogP) is 3.86. The third-order valence-electron chi connectivity index (χ3n) is 3.64. The molecule has 0 spiro atoms. The number of sulfone groups is 1. The molecule has 1 N–H and O–H groups in total. The summed E-state index contributed by atoms with van der Waals surface area (Å²) in [4.78, 5) is 13.8. The number of hydrogen-bond donors (Lipinski definition) is 1. The van der Waals surface area contributed by atoms with Crippen molar-refractivity contribution in [2.75, 3.05) is 12.0 Å². The van der Waals surface area contributed by atoms with E-state index in [-0.39, 0.29) is 16.8 Å². The summed E-state index contributed by atoms with van der Waals surface area (Å²) in [6, 6.07) is 13.8. The fraction of sp³-hybridized carbons (Fsp3) is 0.211. The van der Waals surface area contributed by atoms with Crippen LogP contribution in [0, 0.1) is 0 Å². The number of rotatable bonds is 7. The third-order valence-corrected chi connectivity index (χ3v) is 5.84. The fourth-order valence-corrected chi connectivity index (χ4v) is 3.71. The lowest BCUT2D eigenvalue weighted by atomic mass is 10.1. The molecule has 132 valence electrons. The Hall–Kier alpha value is -2.05. The summed E-state index contributed by atoms with van der Waals surface area (Å²) in [6.07, 6.45) is 2.97. The van der Waals surface area contributed by atoms with Crippen LogP contribution in [-0.4, -0.2) is 26.3 Å². The number of hydrogen-bond acceptors (Lipinski definition) is 4. The minimum absolute atomic E-state index is 0.160. The second kappa shape index (κ2) is 8.36. The lowest BCUT2D eigenvalue weighted by Crippen LogP contribution is -2.27. The lowest BCUT2D eigenvalue weighted by molar-refractivity contribution is 0.0937. The monoisotopic (exact) mass is 375 g/mol. The molecule has 0 aliphatic rings. The van der Waals surface area contributed by atoms with E-state index in [1.807, 2.05) is 25.1 Å². The predicted molar refractivity (Wildman–Crippen MR) is 103 cm³/mol. The first-order valence-electron chi connectivity index (χ1n) is 7.76. The van der Waals surface area contributed by atoms with Crippen molar-refractivity contribution in [1.29, 1.82) is 0 Å². The molecular weight excluding hydrogens is 354 g/mol. The van der Waals surface area contributed by atoms with E-state index in [0.29, 0.717) is 5.56 Å². The van der Waals surface area contributed by atoms with Gasteiger partial charge in [-0.25, -0.2) is 8.42 Å². The summed E-state index contributed by atoms with van der Waals surface area (Å²) >= 11 is 1.56. The number of nitrogens with one attached hydrogen (secondary N) is 1. The number of thioether (sulfide) groups is 1. The second-order valence-electron chi connectivity index (χ2n) is 5.63. The molecule has 4 nitrogen and oxygen atoms in total. The van der Waals surface area contributed by atoms with Gasteiger partial charge in [-0.2, -0.15) is 0 Å². The van der Waals surface area contributed by atoms with Crippen molar-refractivity contribution < 1.29 is 13.2 Å². The average molecular weight is 376 g/mol. The summed E-state index contributed by atoms with van der Waals surface area (Å²) in [5.74, 6) is 0.569. The van der Waals surface area contributed by atoms with Gasteiger partial charge in [-0.15, -0.1) is 18.3 Å². The van der Waals surface area contributed by atoms with Crippen molar-refractivity contribution in [3.05, 3.63) is 72.3 Å². The molecule has 0 radical (unpaired) electrons. The van der Waals surface area contributed by atoms with Crippen molar-refractivity contribution >= 4 is 27.5 Å². The highest BCUT2D eigenvalue weighted by Gasteiger charge is 2.15. The molecule has 2 aromatic rings. The van der Waals surface area contributed by atoms with Crippen LogP contribution in [0.15, 0.2) is 71.0 Å². The Morgan fingerprint density at radius 3 is 2.44 bits per heavy atom. The van der Waals surface area contributed by atoms with E-state index < -0.39 is 9.84 Å². The fourth-order valence-electron chi connectivity index (χ4n) is 2.29. The number of benzene rings is 2. The Bertz CT molecular complexity index is 858. The van der Waals surface area contributed by atoms with Crippen LogP contribution >= 0.6 is 11.8 Å². The molecule has 2 aromatic carbocycles. The van der Waals surface area contributed by atoms with E-state index >= 15 is 0 Å². The molecule has 0 saturated carbocycles. The standard InChI is InChI=1S/C19H21NO3S2/c1-4-13-24-18-8-6-5-7-17(18)19(21)20-14(2)15-9-11-16(12-10-15)25(3,22)23/h4-12,14H,1,13H2,2-3H3,(H,20,21). The van der Waals surface area contributed by atoms with Gasteiger partial charge in [-0.05, 0) is 36.8 Å². The molecule has 25 heavy (non-hydrogen) atoms. The highest BCUT2D eigenvalue weighted by atomic mass is 32.2. The van der Waals surface area contributed by atoms with Crippen LogP contribution in [0.2, 0.25) is 0 Å². The second-order valence-corrected chi connectivity index (χ2v) is 8.71. The summed E-state index contributed by atoms with van der Waals surface area (Å²) in [7, 11) is -3.22. The summed E-state index contributed by atoms with van der Waals surface area (Å²) < 4.78 is 23.0. The van der Waals surface area contributed by atoms with Crippen LogP contribution in [0.1, 0.15) is 28.9 Å². The SMILES string of the molecule is C=CCSc1ccccc1C(=O)NC(C)c1ccc(S(C)(=O)=O)cc1. The van der Waals surface area contributed by atoms with Crippen molar-refractivity contribution in [3.8, 4) is 0 Å². The van der Waals surface area contributed by atoms with Crippen LogP contribution < -0.4 is 5.32 Å². The van der Waals surface area contributed by atoms with Gasteiger partial charge < -0.3 is 5.32 Å². The average Bonchev–Trinajstić information content (AvgIpc) is 2.59. The van der Waals surface area contributed by atoms with Gasteiger partial charge in [0.15, 0.2) is 9.84 Å². The van der Waals surface area contributed by atoms with Crippen LogP contribution in [0.4, 0.5) is 0 Å². The molecule has 1 atom stereocenters. The van der Waals surface area contributed by atoms with Gasteiger partial charge in [0.25, 0.3) is 5.91 Å². The smallest absolute Gasteiger partial charge is 0.252 e. The highest BCUT2D eigenvalue weighted by Crippen LogP contribution is 2.24. The Kier molecular flexibility index (Phi) is 6.45. The molecule has 1 amide bonds. The molecule has 0 heterocycles. The number of amides is 1. The first-order valence-corrected chi connectivity index (χ1v) is 10.6. The highest BCUT2D eigenvalue weighted by molar-refractivity contribution is 7.99. The maximum Gasteiger partial charge on any atom is 0.252 e. The third kappa shape index (κ3) is 5.21. The lowest BCUT2D eigenvalue weighted by Gasteiger charge is -2.16. The van der Waals surface area contributed by atoms with Crippen molar-refractivity contribution in [2.45, 2.75) is 22.8 Å². The normalized spacial score (nSPS) is 12.4. The molecule has 2 rings (SSSR count). The molecular formula is C19H21NO3S2. The molecule has 0 saturated heterocycles. The minimum atomic E-state index is -3.22. The van der Waals surface area contributed by atoms with Crippen LogP contribution in [0.5, 0.6) is 0 Å². The summed E-state index contributed by atoms with van der Waals surface area (Å²) in [5.41, 5.74) is 1.46. The van der Waals surface area contributed by atoms with E-state index in [1.165, 1.54) is 6.26 Å². The van der Waals surface area contributed by atoms with Gasteiger partial charge in [0.2, 0.25) is 0 Å². The van der Waals surface area contributed by atoms with Gasteiger partial charge in [0.05, 0.1) is 16.5 Å². The molecule has 6 heteroatoms. The van der Waals surface area contributed by atoms with Crippen molar-refractivity contribution in [1.82, 2.24) is 5.32 Å². The Labute approximate surface area is 153 Å². The molecule has 0 fully saturated rings. The van der Waals surface area contributed by atoms with Crippen molar-refractivity contribution in [3.63, 3.8) is 0 Å². The number of carbonyl (C=O) groups is 1. The van der Waals surface area contributed by atoms with Gasteiger partial charge >= 0.3 is 0 Å².